The number of carbonyl (C=O) groups excluding carboxylic acids is 1. The summed E-state index contributed by atoms with van der Waals surface area (Å²) >= 11 is 5.78. The average molecular weight is 327 g/mol. The monoisotopic (exact) mass is 326 g/mol. The van der Waals surface area contributed by atoms with E-state index in [1.54, 1.807) is 6.92 Å². The van der Waals surface area contributed by atoms with Crippen LogP contribution in [0.3, 0.4) is 0 Å². The van der Waals surface area contributed by atoms with E-state index in [0.717, 1.165) is 12.1 Å². The number of rotatable bonds is 5. The van der Waals surface area contributed by atoms with Crippen molar-refractivity contribution in [3.8, 4) is 0 Å². The van der Waals surface area contributed by atoms with Crippen molar-refractivity contribution in [1.82, 2.24) is 15.3 Å². The molecular weight excluding hydrogens is 314 g/mol. The first-order valence-electron chi connectivity index (χ1n) is 6.44. The molecule has 0 atom stereocenters. The van der Waals surface area contributed by atoms with Gasteiger partial charge in [0.1, 0.15) is 34.0 Å². The molecule has 0 saturated heterocycles. The predicted molar refractivity (Wildman–Crippen MR) is 79.0 cm³/mol. The predicted octanol–water partition coefficient (Wildman–Crippen LogP) is 2.56. The van der Waals surface area contributed by atoms with Crippen LogP contribution in [0.25, 0.3) is 0 Å². The van der Waals surface area contributed by atoms with E-state index < -0.39 is 23.1 Å². The molecule has 0 aliphatic heterocycles. The maximum absolute atomic E-state index is 13.4. The number of nitrogens with zero attached hydrogens (tertiary/aromatic N) is 2. The van der Waals surface area contributed by atoms with E-state index in [0.29, 0.717) is 23.3 Å². The normalized spacial score (nSPS) is 10.4. The smallest absolute Gasteiger partial charge is 0.257 e. The Balaban J connectivity index is 1.87. The molecule has 2 N–H and O–H groups in total. The molecule has 2 rings (SSSR count). The van der Waals surface area contributed by atoms with Crippen LogP contribution in [0.5, 0.6) is 0 Å². The number of amides is 1. The Bertz CT molecular complexity index is 656. The topological polar surface area (TPSA) is 66.9 Å². The van der Waals surface area contributed by atoms with Gasteiger partial charge < -0.3 is 10.6 Å². The molecule has 0 aliphatic rings. The summed E-state index contributed by atoms with van der Waals surface area (Å²) < 4.78 is 26.8. The standard InChI is InChI=1S/C14H13ClF2N4O/c1-8-20-11(15)7-12(21-8)18-5-6-19-14(22)13-9(16)3-2-4-10(13)17/h2-4,7H,5-6H2,1H3,(H,19,22)(H,18,20,21). The lowest BCUT2D eigenvalue weighted by atomic mass is 10.2. The fourth-order valence-electron chi connectivity index (χ4n) is 1.79. The van der Waals surface area contributed by atoms with Crippen LogP contribution in [-0.2, 0) is 0 Å². The van der Waals surface area contributed by atoms with E-state index in [2.05, 4.69) is 20.6 Å². The highest BCUT2D eigenvalue weighted by molar-refractivity contribution is 6.29. The molecule has 0 fully saturated rings. The molecule has 8 heteroatoms. The minimum atomic E-state index is -0.899. The third-order valence-electron chi connectivity index (χ3n) is 2.71. The second-order valence-corrected chi connectivity index (χ2v) is 4.79. The lowest BCUT2D eigenvalue weighted by molar-refractivity contribution is 0.0946. The van der Waals surface area contributed by atoms with Crippen LogP contribution in [0, 0.1) is 18.6 Å². The van der Waals surface area contributed by atoms with Crippen molar-refractivity contribution < 1.29 is 13.6 Å². The van der Waals surface area contributed by atoms with E-state index in [-0.39, 0.29) is 6.54 Å². The number of hydrogen-bond donors (Lipinski definition) is 2. The number of nitrogens with one attached hydrogen (secondary N) is 2. The van der Waals surface area contributed by atoms with Gasteiger partial charge in [-0.05, 0) is 19.1 Å². The Morgan fingerprint density at radius 1 is 1.23 bits per heavy atom. The minimum absolute atomic E-state index is 0.160. The van der Waals surface area contributed by atoms with Crippen molar-refractivity contribution in [1.29, 1.82) is 0 Å². The molecule has 0 saturated carbocycles. The fourth-order valence-corrected chi connectivity index (χ4v) is 2.02. The highest BCUT2D eigenvalue weighted by Crippen LogP contribution is 2.12. The van der Waals surface area contributed by atoms with Crippen molar-refractivity contribution in [2.24, 2.45) is 0 Å². The van der Waals surface area contributed by atoms with E-state index in [9.17, 15) is 13.6 Å². The summed E-state index contributed by atoms with van der Waals surface area (Å²) in [6.45, 7) is 2.17. The molecule has 116 valence electrons. The quantitative estimate of drug-likeness (QED) is 0.654. The Morgan fingerprint density at radius 3 is 2.55 bits per heavy atom. The van der Waals surface area contributed by atoms with Crippen LogP contribution in [0.1, 0.15) is 16.2 Å². The first-order chi connectivity index (χ1) is 10.5. The summed E-state index contributed by atoms with van der Waals surface area (Å²) in [6, 6.07) is 4.79. The van der Waals surface area contributed by atoms with Crippen LogP contribution in [-0.4, -0.2) is 29.0 Å². The van der Waals surface area contributed by atoms with Gasteiger partial charge in [0.15, 0.2) is 0 Å². The largest absolute Gasteiger partial charge is 0.368 e. The second kappa shape index (κ2) is 7.13. The number of halogens is 3. The molecule has 5 nitrogen and oxygen atoms in total. The zero-order chi connectivity index (χ0) is 16.1. The third kappa shape index (κ3) is 4.11. The molecule has 1 amide bonds. The summed E-state index contributed by atoms with van der Waals surface area (Å²) in [5.74, 6) is -1.60. The number of aryl methyl sites for hydroxylation is 1. The zero-order valence-corrected chi connectivity index (χ0v) is 12.4. The van der Waals surface area contributed by atoms with Crippen molar-refractivity contribution >= 4 is 23.3 Å². The van der Waals surface area contributed by atoms with Crippen LogP contribution in [0.4, 0.5) is 14.6 Å². The summed E-state index contributed by atoms with van der Waals surface area (Å²) in [5, 5.41) is 5.65. The van der Waals surface area contributed by atoms with Gasteiger partial charge in [0.2, 0.25) is 0 Å². The highest BCUT2D eigenvalue weighted by Gasteiger charge is 2.16. The number of anilines is 1. The van der Waals surface area contributed by atoms with Gasteiger partial charge in [-0.15, -0.1) is 0 Å². The van der Waals surface area contributed by atoms with Crippen LogP contribution < -0.4 is 10.6 Å². The number of benzene rings is 1. The van der Waals surface area contributed by atoms with Crippen molar-refractivity contribution in [2.45, 2.75) is 6.92 Å². The van der Waals surface area contributed by atoms with Crippen molar-refractivity contribution in [2.75, 3.05) is 18.4 Å². The first-order valence-corrected chi connectivity index (χ1v) is 6.82. The van der Waals surface area contributed by atoms with E-state index in [1.807, 2.05) is 0 Å². The molecule has 1 aromatic carbocycles. The molecule has 2 aromatic rings. The number of aromatic nitrogens is 2. The van der Waals surface area contributed by atoms with E-state index >= 15 is 0 Å². The van der Waals surface area contributed by atoms with Gasteiger partial charge in [0, 0.05) is 19.2 Å². The summed E-state index contributed by atoms with van der Waals surface area (Å²) in [7, 11) is 0. The molecule has 0 radical (unpaired) electrons. The first kappa shape index (κ1) is 16.1. The molecular formula is C14H13ClF2N4O. The van der Waals surface area contributed by atoms with Crippen molar-refractivity contribution in [3.05, 3.63) is 52.4 Å². The Morgan fingerprint density at radius 2 is 1.91 bits per heavy atom. The molecule has 1 heterocycles. The van der Waals surface area contributed by atoms with Gasteiger partial charge in [-0.1, -0.05) is 17.7 Å². The summed E-state index contributed by atoms with van der Waals surface area (Å²) in [4.78, 5) is 19.7. The number of carbonyl (C=O) groups is 1. The van der Waals surface area contributed by atoms with Gasteiger partial charge in [-0.2, -0.15) is 0 Å². The molecule has 0 spiro atoms. The average Bonchev–Trinajstić information content (AvgIpc) is 2.42. The summed E-state index contributed by atoms with van der Waals surface area (Å²) in [5.41, 5.74) is -0.594. The Kier molecular flexibility index (Phi) is 5.21. The Hall–Kier alpha value is -2.28. The van der Waals surface area contributed by atoms with E-state index in [1.165, 1.54) is 12.1 Å². The second-order valence-electron chi connectivity index (χ2n) is 4.40. The van der Waals surface area contributed by atoms with E-state index in [4.69, 9.17) is 11.6 Å². The van der Waals surface area contributed by atoms with Gasteiger partial charge in [0.25, 0.3) is 5.91 Å². The van der Waals surface area contributed by atoms with Crippen LogP contribution in [0.15, 0.2) is 24.3 Å². The molecule has 0 unspecified atom stereocenters. The lowest BCUT2D eigenvalue weighted by Crippen LogP contribution is -2.30. The van der Waals surface area contributed by atoms with Gasteiger partial charge >= 0.3 is 0 Å². The third-order valence-corrected chi connectivity index (χ3v) is 2.91. The van der Waals surface area contributed by atoms with Gasteiger partial charge in [0.05, 0.1) is 0 Å². The van der Waals surface area contributed by atoms with Crippen molar-refractivity contribution in [3.63, 3.8) is 0 Å². The number of hydrogen-bond acceptors (Lipinski definition) is 4. The minimum Gasteiger partial charge on any atom is -0.368 e. The summed E-state index contributed by atoms with van der Waals surface area (Å²) in [6.07, 6.45) is 0. The van der Waals surface area contributed by atoms with Crippen LogP contribution in [0.2, 0.25) is 5.15 Å². The molecule has 22 heavy (non-hydrogen) atoms. The molecule has 1 aromatic heterocycles. The maximum Gasteiger partial charge on any atom is 0.257 e. The molecule has 0 bridgehead atoms. The fraction of sp³-hybridized carbons (Fsp3) is 0.214. The van der Waals surface area contributed by atoms with Crippen LogP contribution >= 0.6 is 11.6 Å². The zero-order valence-electron chi connectivity index (χ0n) is 11.7. The Labute approximate surface area is 130 Å². The van der Waals surface area contributed by atoms with Gasteiger partial charge in [-0.3, -0.25) is 4.79 Å². The maximum atomic E-state index is 13.4. The SMILES string of the molecule is Cc1nc(Cl)cc(NCCNC(=O)c2c(F)cccc2F)n1. The highest BCUT2D eigenvalue weighted by atomic mass is 35.5. The lowest BCUT2D eigenvalue weighted by Gasteiger charge is -2.09. The molecule has 0 aliphatic carbocycles. The van der Waals surface area contributed by atoms with Gasteiger partial charge in [-0.25, -0.2) is 18.7 Å².